The molecule has 6 nitrogen and oxygen atoms in total. The topological polar surface area (TPSA) is 67.4 Å². The zero-order valence-electron chi connectivity index (χ0n) is 18.7. The minimum atomic E-state index is -0.302. The van der Waals surface area contributed by atoms with Gasteiger partial charge in [0.2, 0.25) is 5.91 Å². The number of fused-ring (bicyclic) bond motifs is 2. The molecule has 2 aromatic carbocycles. The number of rotatable bonds is 4. The van der Waals surface area contributed by atoms with E-state index in [0.717, 1.165) is 28.1 Å². The number of para-hydroxylation sites is 1. The highest BCUT2D eigenvalue weighted by Crippen LogP contribution is 2.38. The summed E-state index contributed by atoms with van der Waals surface area (Å²) in [7, 11) is 3.83. The van der Waals surface area contributed by atoms with Crippen LogP contribution in [-0.4, -0.2) is 36.6 Å². The van der Waals surface area contributed by atoms with Gasteiger partial charge >= 0.3 is 0 Å². The summed E-state index contributed by atoms with van der Waals surface area (Å²) in [6.07, 6.45) is 4.01. The summed E-state index contributed by atoms with van der Waals surface area (Å²) in [4.78, 5) is 24.6. The Labute approximate surface area is 207 Å². The summed E-state index contributed by atoms with van der Waals surface area (Å²) in [6.45, 7) is 0.499. The molecule has 172 valence electrons. The molecule has 1 aliphatic rings. The Balaban J connectivity index is 1.57. The maximum Gasteiger partial charge on any atom is 0.232 e. The quantitative estimate of drug-likeness (QED) is 0.368. The number of anilines is 2. The van der Waals surface area contributed by atoms with Crippen molar-refractivity contribution in [2.24, 2.45) is 0 Å². The van der Waals surface area contributed by atoms with Gasteiger partial charge in [-0.25, -0.2) is 0 Å². The van der Waals surface area contributed by atoms with Crippen LogP contribution in [-0.2, 0) is 4.79 Å². The highest BCUT2D eigenvalue weighted by molar-refractivity contribution is 6.35. The summed E-state index contributed by atoms with van der Waals surface area (Å²) in [5.41, 5.74) is 5.33. The fourth-order valence-electron chi connectivity index (χ4n) is 4.40. The fourth-order valence-corrected chi connectivity index (χ4v) is 4.92. The zero-order valence-corrected chi connectivity index (χ0v) is 20.2. The van der Waals surface area contributed by atoms with E-state index in [1.54, 1.807) is 18.5 Å². The number of carbonyl (C=O) groups is 1. The molecule has 8 heteroatoms. The van der Waals surface area contributed by atoms with Gasteiger partial charge in [-0.2, -0.15) is 0 Å². The van der Waals surface area contributed by atoms with Crippen LogP contribution in [0.15, 0.2) is 60.9 Å². The first-order valence-electron chi connectivity index (χ1n) is 10.9. The number of halogens is 2. The first-order valence-corrected chi connectivity index (χ1v) is 11.6. The summed E-state index contributed by atoms with van der Waals surface area (Å²) < 4.78 is 5.72. The van der Waals surface area contributed by atoms with E-state index in [1.807, 2.05) is 61.5 Å². The number of aromatic nitrogens is 2. The first kappa shape index (κ1) is 22.4. The Kier molecular flexibility index (Phi) is 6.02. The van der Waals surface area contributed by atoms with Crippen molar-refractivity contribution < 1.29 is 9.53 Å². The third-order valence-corrected chi connectivity index (χ3v) is 6.32. The van der Waals surface area contributed by atoms with Crippen molar-refractivity contribution in [1.82, 2.24) is 9.97 Å². The van der Waals surface area contributed by atoms with Gasteiger partial charge in [0, 0.05) is 41.5 Å². The molecule has 1 amide bonds. The average Bonchev–Trinajstić information content (AvgIpc) is 2.82. The number of amides is 1. The van der Waals surface area contributed by atoms with Gasteiger partial charge in [-0.05, 0) is 42.3 Å². The Morgan fingerprint density at radius 2 is 1.82 bits per heavy atom. The molecule has 3 heterocycles. The lowest BCUT2D eigenvalue weighted by molar-refractivity contribution is -0.118. The predicted molar refractivity (Wildman–Crippen MR) is 137 cm³/mol. The van der Waals surface area contributed by atoms with E-state index in [9.17, 15) is 4.79 Å². The van der Waals surface area contributed by atoms with Gasteiger partial charge in [0.15, 0.2) is 0 Å². The summed E-state index contributed by atoms with van der Waals surface area (Å²) >= 11 is 12.5. The molecule has 0 spiro atoms. The maximum atomic E-state index is 13.3. The van der Waals surface area contributed by atoms with Crippen LogP contribution >= 0.6 is 23.2 Å². The highest BCUT2D eigenvalue weighted by atomic mass is 35.5. The number of ether oxygens (including phenoxy) is 1. The standard InChI is InChI=1S/C26H22Cl2N4O2/c1-32(2)25-21(31-26(33)20-8-10-34-22-6-4-3-5-19(20)22)14-30-23-18(7-9-29-24(23)25)15-11-16(27)13-17(28)12-15/h3-7,9,11-14,20H,8,10H2,1-2H3,(H,31,33). The van der Waals surface area contributed by atoms with E-state index in [0.29, 0.717) is 39.8 Å². The van der Waals surface area contributed by atoms with E-state index in [2.05, 4.69) is 15.3 Å². The molecule has 0 fully saturated rings. The molecule has 4 aromatic rings. The molecular formula is C26H22Cl2N4O2. The van der Waals surface area contributed by atoms with Gasteiger partial charge in [0.1, 0.15) is 11.3 Å². The summed E-state index contributed by atoms with van der Waals surface area (Å²) in [5.74, 6) is 0.353. The van der Waals surface area contributed by atoms with Crippen LogP contribution in [0.2, 0.25) is 10.0 Å². The van der Waals surface area contributed by atoms with Crippen molar-refractivity contribution in [2.45, 2.75) is 12.3 Å². The molecule has 34 heavy (non-hydrogen) atoms. The van der Waals surface area contributed by atoms with Crippen LogP contribution in [0.3, 0.4) is 0 Å². The monoisotopic (exact) mass is 492 g/mol. The van der Waals surface area contributed by atoms with Gasteiger partial charge in [-0.3, -0.25) is 14.8 Å². The van der Waals surface area contributed by atoms with Gasteiger partial charge in [-0.1, -0.05) is 41.4 Å². The van der Waals surface area contributed by atoms with E-state index in [-0.39, 0.29) is 11.8 Å². The SMILES string of the molecule is CN(C)c1c(NC(=O)C2CCOc3ccccc32)cnc2c(-c3cc(Cl)cc(Cl)c3)ccnc12. The van der Waals surface area contributed by atoms with Crippen molar-refractivity contribution in [2.75, 3.05) is 30.9 Å². The van der Waals surface area contributed by atoms with Crippen LogP contribution in [0, 0.1) is 0 Å². The molecular weight excluding hydrogens is 471 g/mol. The van der Waals surface area contributed by atoms with Gasteiger partial charge in [0.25, 0.3) is 0 Å². The van der Waals surface area contributed by atoms with E-state index < -0.39 is 0 Å². The number of nitrogens with zero attached hydrogens (tertiary/aromatic N) is 3. The van der Waals surface area contributed by atoms with Crippen molar-refractivity contribution in [3.63, 3.8) is 0 Å². The molecule has 0 saturated heterocycles. The van der Waals surface area contributed by atoms with E-state index in [1.165, 1.54) is 0 Å². The van der Waals surface area contributed by atoms with Gasteiger partial charge < -0.3 is 15.0 Å². The Bertz CT molecular complexity index is 1390. The van der Waals surface area contributed by atoms with Gasteiger partial charge in [0.05, 0.1) is 35.6 Å². The molecule has 1 atom stereocenters. The Hall–Kier alpha value is -3.35. The minimum absolute atomic E-state index is 0.0993. The minimum Gasteiger partial charge on any atom is -0.493 e. The number of benzene rings is 2. The molecule has 1 aliphatic heterocycles. The number of carbonyl (C=O) groups excluding carboxylic acids is 1. The van der Waals surface area contributed by atoms with Gasteiger partial charge in [-0.15, -0.1) is 0 Å². The third-order valence-electron chi connectivity index (χ3n) is 5.88. The molecule has 5 rings (SSSR count). The van der Waals surface area contributed by atoms with Crippen molar-refractivity contribution in [1.29, 1.82) is 0 Å². The predicted octanol–water partition coefficient (Wildman–Crippen LogP) is 6.17. The molecule has 0 radical (unpaired) electrons. The third kappa shape index (κ3) is 4.15. The molecule has 0 bridgehead atoms. The van der Waals surface area contributed by atoms with E-state index >= 15 is 0 Å². The molecule has 1 unspecified atom stereocenters. The lowest BCUT2D eigenvalue weighted by Crippen LogP contribution is -2.27. The van der Waals surface area contributed by atoms with Crippen molar-refractivity contribution >= 4 is 51.5 Å². The number of hydrogen-bond donors (Lipinski definition) is 1. The second-order valence-corrected chi connectivity index (χ2v) is 9.22. The molecule has 2 aromatic heterocycles. The smallest absolute Gasteiger partial charge is 0.232 e. The zero-order chi connectivity index (χ0) is 23.8. The lowest BCUT2D eigenvalue weighted by Gasteiger charge is -2.26. The maximum absolute atomic E-state index is 13.3. The Morgan fingerprint density at radius 3 is 2.59 bits per heavy atom. The summed E-state index contributed by atoms with van der Waals surface area (Å²) in [6, 6.07) is 14.9. The van der Waals surface area contributed by atoms with Crippen LogP contribution in [0.25, 0.3) is 22.2 Å². The van der Waals surface area contributed by atoms with Crippen molar-refractivity contribution in [3.8, 4) is 16.9 Å². The van der Waals surface area contributed by atoms with Crippen LogP contribution < -0.4 is 15.0 Å². The molecule has 0 aliphatic carbocycles. The highest BCUT2D eigenvalue weighted by Gasteiger charge is 2.28. The number of pyridine rings is 2. The number of nitrogens with one attached hydrogen (secondary N) is 1. The van der Waals surface area contributed by atoms with Crippen molar-refractivity contribution in [3.05, 3.63) is 76.5 Å². The molecule has 1 N–H and O–H groups in total. The Morgan fingerprint density at radius 1 is 1.06 bits per heavy atom. The van der Waals surface area contributed by atoms with E-state index in [4.69, 9.17) is 27.9 Å². The fraction of sp³-hybridized carbons (Fsp3) is 0.192. The van der Waals surface area contributed by atoms with Crippen LogP contribution in [0.4, 0.5) is 11.4 Å². The van der Waals surface area contributed by atoms with Crippen LogP contribution in [0.1, 0.15) is 17.9 Å². The second kappa shape index (κ2) is 9.12. The summed E-state index contributed by atoms with van der Waals surface area (Å²) in [5, 5.41) is 4.18. The second-order valence-electron chi connectivity index (χ2n) is 8.35. The average molecular weight is 493 g/mol. The first-order chi connectivity index (χ1) is 16.4. The lowest BCUT2D eigenvalue weighted by atomic mass is 9.92. The largest absolute Gasteiger partial charge is 0.493 e. The normalized spacial score (nSPS) is 14.9. The molecule has 0 saturated carbocycles. The number of hydrogen-bond acceptors (Lipinski definition) is 5. The van der Waals surface area contributed by atoms with Crippen LogP contribution in [0.5, 0.6) is 5.75 Å².